The quantitative estimate of drug-likeness (QED) is 0.205. The Labute approximate surface area is 256 Å². The van der Waals surface area contributed by atoms with Crippen molar-refractivity contribution in [2.75, 3.05) is 0 Å². The Morgan fingerprint density at radius 2 is 1.11 bits per heavy atom. The first-order chi connectivity index (χ1) is 21.8. The zero-order valence-corrected chi connectivity index (χ0v) is 24.3. The molecule has 0 unspecified atom stereocenters. The van der Waals surface area contributed by atoms with Gasteiger partial charge >= 0.3 is 0 Å². The average molecular weight is 578 g/mol. The van der Waals surface area contributed by atoms with Gasteiger partial charge in [0.25, 0.3) is 0 Å². The van der Waals surface area contributed by atoms with Gasteiger partial charge in [-0.1, -0.05) is 127 Å². The van der Waals surface area contributed by atoms with E-state index in [0.717, 1.165) is 37.9 Å². The van der Waals surface area contributed by atoms with E-state index in [1.54, 1.807) is 11.3 Å². The van der Waals surface area contributed by atoms with Gasteiger partial charge in [-0.3, -0.25) is 4.57 Å². The largest absolute Gasteiger partial charge is 0.277 e. The molecule has 204 valence electrons. The van der Waals surface area contributed by atoms with Gasteiger partial charge in [-0.25, -0.2) is 9.97 Å². The predicted molar refractivity (Wildman–Crippen MR) is 187 cm³/mol. The molecule has 0 amide bonds. The lowest BCUT2D eigenvalue weighted by Gasteiger charge is -2.12. The second-order valence-electron chi connectivity index (χ2n) is 11.4. The summed E-state index contributed by atoms with van der Waals surface area (Å²) in [4.78, 5) is 10.9. The first kappa shape index (κ1) is 23.9. The molecule has 0 aliphatic rings. The van der Waals surface area contributed by atoms with Gasteiger partial charge in [0.15, 0.2) is 0 Å². The van der Waals surface area contributed by atoms with E-state index in [1.807, 2.05) is 0 Å². The molecule has 0 aliphatic carbocycles. The third-order valence-corrected chi connectivity index (χ3v) is 10.2. The van der Waals surface area contributed by atoms with E-state index in [4.69, 9.17) is 9.97 Å². The summed E-state index contributed by atoms with van der Waals surface area (Å²) in [6, 6.07) is 50.0. The van der Waals surface area contributed by atoms with Crippen LogP contribution in [0.2, 0.25) is 0 Å². The molecule has 3 heterocycles. The van der Waals surface area contributed by atoms with Crippen LogP contribution >= 0.6 is 11.3 Å². The second-order valence-corrected chi connectivity index (χ2v) is 12.4. The molecule has 10 rings (SSSR count). The van der Waals surface area contributed by atoms with Crippen molar-refractivity contribution in [3.63, 3.8) is 0 Å². The van der Waals surface area contributed by atoms with Gasteiger partial charge in [0.2, 0.25) is 5.95 Å². The molecule has 7 aromatic carbocycles. The van der Waals surface area contributed by atoms with E-state index in [2.05, 4.69) is 144 Å². The molecule has 0 saturated heterocycles. The van der Waals surface area contributed by atoms with Crippen LogP contribution in [-0.2, 0) is 0 Å². The van der Waals surface area contributed by atoms with Crippen LogP contribution in [0.1, 0.15) is 0 Å². The van der Waals surface area contributed by atoms with Gasteiger partial charge in [-0.05, 0) is 39.1 Å². The van der Waals surface area contributed by atoms with Gasteiger partial charge < -0.3 is 0 Å². The molecule has 44 heavy (non-hydrogen) atoms. The zero-order valence-electron chi connectivity index (χ0n) is 23.5. The molecule has 0 atom stereocenters. The Bertz CT molecular complexity index is 2780. The molecular formula is C40H23N3S. The van der Waals surface area contributed by atoms with Crippen molar-refractivity contribution in [1.29, 1.82) is 0 Å². The molecular weight excluding hydrogens is 555 g/mol. The average Bonchev–Trinajstić information content (AvgIpc) is 3.64. The summed E-state index contributed by atoms with van der Waals surface area (Å²) in [5.74, 6) is 0.690. The van der Waals surface area contributed by atoms with Gasteiger partial charge in [0.05, 0.1) is 26.9 Å². The molecule has 3 nitrogen and oxygen atoms in total. The standard InChI is InChI=1S/C40H23N3S/c1-4-14-27-24(10-1)13-9-18-30(27)36-39-37(31-17-7-8-19-34(31)44-39)42-40(41-36)43-33-23-21-25-11-2-5-15-28(25)35(33)32-22-20-26-12-3-6-16-29(26)38(32)43/h1-23H. The molecule has 10 aromatic rings. The van der Waals surface area contributed by atoms with Crippen LogP contribution in [0, 0.1) is 0 Å². The van der Waals surface area contributed by atoms with E-state index in [9.17, 15) is 0 Å². The molecule has 0 N–H and O–H groups in total. The fraction of sp³-hybridized carbons (Fsp3) is 0. The lowest BCUT2D eigenvalue weighted by molar-refractivity contribution is 1.02. The highest BCUT2D eigenvalue weighted by Gasteiger charge is 2.22. The van der Waals surface area contributed by atoms with E-state index < -0.39 is 0 Å². The van der Waals surface area contributed by atoms with E-state index in [0.29, 0.717) is 5.95 Å². The minimum absolute atomic E-state index is 0.690. The summed E-state index contributed by atoms with van der Waals surface area (Å²) in [5, 5.41) is 10.8. The Morgan fingerprint density at radius 1 is 0.477 bits per heavy atom. The van der Waals surface area contributed by atoms with Crippen LogP contribution in [0.3, 0.4) is 0 Å². The summed E-state index contributed by atoms with van der Waals surface area (Å²) in [5.41, 5.74) is 5.34. The van der Waals surface area contributed by atoms with E-state index in [-0.39, 0.29) is 0 Å². The van der Waals surface area contributed by atoms with Crippen LogP contribution in [0.15, 0.2) is 140 Å². The topological polar surface area (TPSA) is 30.7 Å². The Hall–Kier alpha value is -5.58. The third-order valence-electron chi connectivity index (χ3n) is 8.99. The molecule has 0 aliphatic heterocycles. The van der Waals surface area contributed by atoms with Crippen molar-refractivity contribution in [2.24, 2.45) is 0 Å². The van der Waals surface area contributed by atoms with Gasteiger partial charge in [-0.2, -0.15) is 0 Å². The van der Waals surface area contributed by atoms with Crippen LogP contribution in [0.5, 0.6) is 0 Å². The van der Waals surface area contributed by atoms with E-state index >= 15 is 0 Å². The van der Waals surface area contributed by atoms with Crippen molar-refractivity contribution in [1.82, 2.24) is 14.5 Å². The molecule has 0 bridgehead atoms. The van der Waals surface area contributed by atoms with E-state index in [1.165, 1.54) is 47.8 Å². The highest BCUT2D eigenvalue weighted by Crippen LogP contribution is 2.43. The SMILES string of the molecule is c1ccc2c(-c3nc(-n4c5ccc6ccccc6c5c5ccc6ccccc6c54)nc4c3sc3ccccc34)cccc2c1. The number of fused-ring (bicyclic) bond motifs is 11. The normalized spacial score (nSPS) is 12.1. The number of benzene rings is 7. The summed E-state index contributed by atoms with van der Waals surface area (Å²) in [7, 11) is 0. The maximum Gasteiger partial charge on any atom is 0.235 e. The van der Waals surface area contributed by atoms with Gasteiger partial charge in [0.1, 0.15) is 0 Å². The molecule has 0 radical (unpaired) electrons. The monoisotopic (exact) mass is 577 g/mol. The van der Waals surface area contributed by atoms with Crippen LogP contribution in [-0.4, -0.2) is 14.5 Å². The van der Waals surface area contributed by atoms with Gasteiger partial charge in [0, 0.05) is 31.8 Å². The van der Waals surface area contributed by atoms with Crippen LogP contribution in [0.4, 0.5) is 0 Å². The summed E-state index contributed by atoms with van der Waals surface area (Å²) in [6.07, 6.45) is 0. The maximum atomic E-state index is 5.51. The van der Waals surface area contributed by atoms with Gasteiger partial charge in [-0.15, -0.1) is 11.3 Å². The summed E-state index contributed by atoms with van der Waals surface area (Å²) >= 11 is 1.78. The Balaban J connectivity index is 1.43. The maximum absolute atomic E-state index is 5.51. The fourth-order valence-electron chi connectivity index (χ4n) is 7.05. The third kappa shape index (κ3) is 3.26. The van der Waals surface area contributed by atoms with Crippen LogP contribution in [0.25, 0.3) is 91.6 Å². The molecule has 4 heteroatoms. The van der Waals surface area contributed by atoms with Crippen molar-refractivity contribution in [3.8, 4) is 17.2 Å². The van der Waals surface area contributed by atoms with Crippen molar-refractivity contribution in [2.45, 2.75) is 0 Å². The smallest absolute Gasteiger partial charge is 0.235 e. The molecule has 0 fully saturated rings. The first-order valence-corrected chi connectivity index (χ1v) is 15.7. The number of rotatable bonds is 2. The Kier molecular flexibility index (Phi) is 4.87. The van der Waals surface area contributed by atoms with Crippen molar-refractivity contribution in [3.05, 3.63) is 140 Å². The van der Waals surface area contributed by atoms with Crippen molar-refractivity contribution >= 4 is 85.8 Å². The number of aromatic nitrogens is 3. The number of hydrogen-bond acceptors (Lipinski definition) is 3. The first-order valence-electron chi connectivity index (χ1n) is 14.8. The number of nitrogens with zero attached hydrogens (tertiary/aromatic N) is 3. The number of thiophene rings is 1. The Morgan fingerprint density at radius 3 is 1.95 bits per heavy atom. The molecule has 3 aromatic heterocycles. The summed E-state index contributed by atoms with van der Waals surface area (Å²) in [6.45, 7) is 0. The molecule has 0 saturated carbocycles. The summed E-state index contributed by atoms with van der Waals surface area (Å²) < 4.78 is 4.64. The minimum atomic E-state index is 0.690. The fourth-order valence-corrected chi connectivity index (χ4v) is 8.19. The van der Waals surface area contributed by atoms with Crippen molar-refractivity contribution < 1.29 is 0 Å². The molecule has 0 spiro atoms. The minimum Gasteiger partial charge on any atom is -0.277 e. The highest BCUT2D eigenvalue weighted by molar-refractivity contribution is 7.26. The second kappa shape index (κ2) is 8.96. The lowest BCUT2D eigenvalue weighted by atomic mass is 10.0. The van der Waals surface area contributed by atoms with Crippen LogP contribution < -0.4 is 0 Å². The lowest BCUT2D eigenvalue weighted by Crippen LogP contribution is -2.03. The number of hydrogen-bond donors (Lipinski definition) is 0. The predicted octanol–water partition coefficient (Wildman–Crippen LogP) is 11.1. The zero-order chi connectivity index (χ0) is 28.8. The highest BCUT2D eigenvalue weighted by atomic mass is 32.1.